The Hall–Kier alpha value is -2.07. The number of benzene rings is 2. The topological polar surface area (TPSA) is 49.7 Å². The van der Waals surface area contributed by atoms with Gasteiger partial charge in [-0.05, 0) is 42.0 Å². The molecule has 2 rings (SSSR count). The van der Waals surface area contributed by atoms with Gasteiger partial charge in [-0.2, -0.15) is 0 Å². The normalized spacial score (nSPS) is 12.1. The number of phenols is 1. The lowest BCUT2D eigenvalue weighted by atomic mass is 10.0. The quantitative estimate of drug-likeness (QED) is 0.871. The van der Waals surface area contributed by atoms with E-state index < -0.39 is 0 Å². The second kappa shape index (κ2) is 6.20. The number of rotatable bonds is 5. The maximum absolute atomic E-state index is 12.7. The number of halogens is 1. The Balaban J connectivity index is 1.99. The van der Waals surface area contributed by atoms with Crippen molar-refractivity contribution in [3.63, 3.8) is 0 Å². The van der Waals surface area contributed by atoms with Gasteiger partial charge < -0.3 is 14.9 Å². The molecule has 0 radical (unpaired) electrons. The number of phenolic OH excluding ortho intramolecular Hbond substituents is 1. The van der Waals surface area contributed by atoms with Gasteiger partial charge in [0.15, 0.2) is 0 Å². The standard InChI is InChI=1S/C15H15FO3/c16-13-3-7-15(8-4-13)19-10-12(9-17)11-1-5-14(18)6-2-11/h1-8,12,17-18H,9-10H2. The fourth-order valence-corrected chi connectivity index (χ4v) is 1.73. The molecule has 3 nitrogen and oxygen atoms in total. The summed E-state index contributed by atoms with van der Waals surface area (Å²) in [4.78, 5) is 0. The minimum Gasteiger partial charge on any atom is -0.508 e. The molecule has 4 heteroatoms. The van der Waals surface area contributed by atoms with Crippen LogP contribution in [0.25, 0.3) is 0 Å². The fourth-order valence-electron chi connectivity index (χ4n) is 1.73. The molecule has 0 aliphatic rings. The first kappa shape index (κ1) is 13.4. The van der Waals surface area contributed by atoms with Crippen molar-refractivity contribution in [2.24, 2.45) is 0 Å². The van der Waals surface area contributed by atoms with Gasteiger partial charge in [0, 0.05) is 5.92 Å². The van der Waals surface area contributed by atoms with Crippen LogP contribution in [0.2, 0.25) is 0 Å². The van der Waals surface area contributed by atoms with Crippen molar-refractivity contribution < 1.29 is 19.3 Å². The third kappa shape index (κ3) is 3.69. The number of hydrogen-bond acceptors (Lipinski definition) is 3. The number of aliphatic hydroxyl groups is 1. The molecule has 0 fully saturated rings. The Morgan fingerprint density at radius 3 is 2.21 bits per heavy atom. The van der Waals surface area contributed by atoms with Crippen molar-refractivity contribution in [2.45, 2.75) is 5.92 Å². The summed E-state index contributed by atoms with van der Waals surface area (Å²) in [6.45, 7) is 0.221. The van der Waals surface area contributed by atoms with E-state index in [4.69, 9.17) is 4.74 Å². The Bertz CT molecular complexity index is 508. The lowest BCUT2D eigenvalue weighted by Crippen LogP contribution is -2.14. The van der Waals surface area contributed by atoms with Crippen molar-refractivity contribution >= 4 is 0 Å². The molecule has 0 aliphatic carbocycles. The zero-order valence-electron chi connectivity index (χ0n) is 10.3. The van der Waals surface area contributed by atoms with Gasteiger partial charge in [-0.25, -0.2) is 4.39 Å². The fraction of sp³-hybridized carbons (Fsp3) is 0.200. The molecule has 0 bridgehead atoms. The summed E-state index contributed by atoms with van der Waals surface area (Å²) < 4.78 is 18.2. The molecule has 0 aromatic heterocycles. The van der Waals surface area contributed by atoms with Crippen LogP contribution >= 0.6 is 0 Å². The third-order valence-corrected chi connectivity index (χ3v) is 2.85. The van der Waals surface area contributed by atoms with Gasteiger partial charge in [-0.3, -0.25) is 0 Å². The van der Waals surface area contributed by atoms with Gasteiger partial charge in [0.2, 0.25) is 0 Å². The summed E-state index contributed by atoms with van der Waals surface area (Å²) in [5, 5.41) is 18.6. The van der Waals surface area contributed by atoms with E-state index in [2.05, 4.69) is 0 Å². The first-order chi connectivity index (χ1) is 9.19. The number of hydrogen-bond donors (Lipinski definition) is 2. The Labute approximate surface area is 110 Å². The highest BCUT2D eigenvalue weighted by atomic mass is 19.1. The summed E-state index contributed by atoms with van der Waals surface area (Å²) >= 11 is 0. The van der Waals surface area contributed by atoms with Crippen molar-refractivity contribution in [3.8, 4) is 11.5 Å². The molecule has 0 spiro atoms. The molecule has 0 heterocycles. The molecule has 1 atom stereocenters. The molecule has 2 N–H and O–H groups in total. The molecule has 0 amide bonds. The lowest BCUT2D eigenvalue weighted by molar-refractivity contribution is 0.205. The van der Waals surface area contributed by atoms with Gasteiger partial charge in [-0.15, -0.1) is 0 Å². The van der Waals surface area contributed by atoms with E-state index in [0.717, 1.165) is 5.56 Å². The average Bonchev–Trinajstić information content (AvgIpc) is 2.43. The van der Waals surface area contributed by atoms with Crippen LogP contribution in [0.3, 0.4) is 0 Å². The predicted octanol–water partition coefficient (Wildman–Crippen LogP) is 2.69. The van der Waals surface area contributed by atoms with Crippen molar-refractivity contribution in [1.29, 1.82) is 0 Å². The van der Waals surface area contributed by atoms with E-state index in [1.54, 1.807) is 36.4 Å². The molecule has 0 saturated heterocycles. The van der Waals surface area contributed by atoms with E-state index in [0.29, 0.717) is 5.75 Å². The lowest BCUT2D eigenvalue weighted by Gasteiger charge is -2.15. The van der Waals surface area contributed by atoms with Gasteiger partial charge in [0.05, 0.1) is 13.2 Å². The minimum atomic E-state index is -0.315. The van der Waals surface area contributed by atoms with Gasteiger partial charge in [0.25, 0.3) is 0 Å². The van der Waals surface area contributed by atoms with Crippen LogP contribution in [0.5, 0.6) is 11.5 Å². The highest BCUT2D eigenvalue weighted by Gasteiger charge is 2.11. The second-order valence-electron chi connectivity index (χ2n) is 4.24. The smallest absolute Gasteiger partial charge is 0.123 e. The van der Waals surface area contributed by atoms with Crippen LogP contribution < -0.4 is 4.74 Å². The summed E-state index contributed by atoms with van der Waals surface area (Å²) in [5.74, 6) is 0.230. The monoisotopic (exact) mass is 262 g/mol. The van der Waals surface area contributed by atoms with Crippen LogP contribution in [-0.2, 0) is 0 Å². The number of ether oxygens (including phenoxy) is 1. The van der Waals surface area contributed by atoms with Crippen LogP contribution in [0.4, 0.5) is 4.39 Å². The van der Waals surface area contributed by atoms with E-state index in [1.807, 2.05) is 0 Å². The van der Waals surface area contributed by atoms with Crippen LogP contribution in [0.15, 0.2) is 48.5 Å². The van der Waals surface area contributed by atoms with E-state index in [-0.39, 0.29) is 30.7 Å². The van der Waals surface area contributed by atoms with Crippen LogP contribution in [0, 0.1) is 5.82 Å². The molecular formula is C15H15FO3. The van der Waals surface area contributed by atoms with Crippen molar-refractivity contribution in [1.82, 2.24) is 0 Å². The van der Waals surface area contributed by atoms with Gasteiger partial charge in [0.1, 0.15) is 17.3 Å². The molecule has 100 valence electrons. The number of aliphatic hydroxyl groups excluding tert-OH is 1. The maximum atomic E-state index is 12.7. The predicted molar refractivity (Wildman–Crippen MR) is 69.8 cm³/mol. The summed E-state index contributed by atoms with van der Waals surface area (Å²) in [5.41, 5.74) is 0.877. The maximum Gasteiger partial charge on any atom is 0.123 e. The highest BCUT2D eigenvalue weighted by Crippen LogP contribution is 2.20. The van der Waals surface area contributed by atoms with Crippen molar-refractivity contribution in [3.05, 3.63) is 59.9 Å². The van der Waals surface area contributed by atoms with Crippen molar-refractivity contribution in [2.75, 3.05) is 13.2 Å². The van der Waals surface area contributed by atoms with E-state index >= 15 is 0 Å². The summed E-state index contributed by atoms with van der Waals surface area (Å²) in [6, 6.07) is 12.3. The number of aromatic hydroxyl groups is 1. The SMILES string of the molecule is OCC(COc1ccc(F)cc1)c1ccc(O)cc1. The first-order valence-electron chi connectivity index (χ1n) is 5.97. The Morgan fingerprint density at radius 1 is 1.00 bits per heavy atom. The second-order valence-corrected chi connectivity index (χ2v) is 4.24. The van der Waals surface area contributed by atoms with Crippen LogP contribution in [-0.4, -0.2) is 23.4 Å². The molecule has 2 aromatic rings. The Morgan fingerprint density at radius 2 is 1.63 bits per heavy atom. The van der Waals surface area contributed by atoms with E-state index in [9.17, 15) is 14.6 Å². The van der Waals surface area contributed by atoms with Crippen LogP contribution in [0.1, 0.15) is 11.5 Å². The molecule has 1 unspecified atom stereocenters. The molecular weight excluding hydrogens is 247 g/mol. The minimum absolute atomic E-state index is 0.0635. The largest absolute Gasteiger partial charge is 0.508 e. The zero-order chi connectivity index (χ0) is 13.7. The third-order valence-electron chi connectivity index (χ3n) is 2.85. The van der Waals surface area contributed by atoms with Gasteiger partial charge >= 0.3 is 0 Å². The molecule has 19 heavy (non-hydrogen) atoms. The van der Waals surface area contributed by atoms with E-state index in [1.165, 1.54) is 12.1 Å². The van der Waals surface area contributed by atoms with Gasteiger partial charge in [-0.1, -0.05) is 12.1 Å². The zero-order valence-corrected chi connectivity index (χ0v) is 10.3. The Kier molecular flexibility index (Phi) is 4.36. The molecule has 2 aromatic carbocycles. The average molecular weight is 262 g/mol. The summed E-state index contributed by atoms with van der Waals surface area (Å²) in [7, 11) is 0. The molecule has 0 saturated carbocycles. The summed E-state index contributed by atoms with van der Waals surface area (Å²) in [6.07, 6.45) is 0. The molecule has 0 aliphatic heterocycles. The first-order valence-corrected chi connectivity index (χ1v) is 5.97. The highest BCUT2D eigenvalue weighted by molar-refractivity contribution is 5.29.